The van der Waals surface area contributed by atoms with E-state index in [9.17, 15) is 19.8 Å². The smallest absolute Gasteiger partial charge is 0.223 e. The monoisotopic (exact) mass is 534 g/mol. The van der Waals surface area contributed by atoms with Gasteiger partial charge in [0.1, 0.15) is 5.78 Å². The summed E-state index contributed by atoms with van der Waals surface area (Å²) in [6, 6.07) is 4.99. The molecule has 7 atom stereocenters. The van der Waals surface area contributed by atoms with Crippen molar-refractivity contribution in [3.8, 4) is 0 Å². The van der Waals surface area contributed by atoms with E-state index in [0.717, 1.165) is 25.7 Å². The summed E-state index contributed by atoms with van der Waals surface area (Å²) >= 11 is 6.70. The fourth-order valence-corrected chi connectivity index (χ4v) is 5.66. The van der Waals surface area contributed by atoms with Gasteiger partial charge in [0.25, 0.3) is 0 Å². The Morgan fingerprint density at radius 3 is 2.65 bits per heavy atom. The van der Waals surface area contributed by atoms with E-state index < -0.39 is 35.5 Å². The molecule has 0 bridgehead atoms. The lowest BCUT2D eigenvalue weighted by Gasteiger charge is -2.36. The van der Waals surface area contributed by atoms with Gasteiger partial charge in [0.15, 0.2) is 0 Å². The maximum Gasteiger partial charge on any atom is 0.223 e. The van der Waals surface area contributed by atoms with Crippen molar-refractivity contribution in [3.05, 3.63) is 35.1 Å². The number of pyridine rings is 1. The molecule has 7 nitrogen and oxygen atoms in total. The fourth-order valence-electron chi connectivity index (χ4n) is 5.40. The number of halogens is 1. The summed E-state index contributed by atoms with van der Waals surface area (Å²) in [6.45, 7) is 9.34. The molecule has 3 rings (SSSR count). The Balaban J connectivity index is 1.88. The van der Waals surface area contributed by atoms with Gasteiger partial charge in [-0.15, -0.1) is 0 Å². The lowest BCUT2D eigenvalue weighted by atomic mass is 9.71. The molecule has 3 N–H and O–H groups in total. The first kappa shape index (κ1) is 29.8. The number of epoxide rings is 1. The molecule has 0 saturated carbocycles. The van der Waals surface area contributed by atoms with Gasteiger partial charge in [-0.2, -0.15) is 0 Å². The third-order valence-electron chi connectivity index (χ3n) is 8.24. The molecule has 3 heterocycles. The topological polar surface area (TPSA) is 112 Å². The Kier molecular flexibility index (Phi) is 9.95. The molecule has 2 aliphatic heterocycles. The van der Waals surface area contributed by atoms with E-state index >= 15 is 0 Å². The summed E-state index contributed by atoms with van der Waals surface area (Å²) in [5.74, 6) is -1.27. The average Bonchev–Trinajstić information content (AvgIpc) is 3.49. The summed E-state index contributed by atoms with van der Waals surface area (Å²) in [4.78, 5) is 31.0. The number of aromatic nitrogens is 1. The van der Waals surface area contributed by atoms with Crippen LogP contribution in [0.15, 0.2) is 29.4 Å². The summed E-state index contributed by atoms with van der Waals surface area (Å²) in [7, 11) is 0. The maximum atomic E-state index is 13.6. The van der Waals surface area contributed by atoms with Crippen LogP contribution in [0.1, 0.15) is 85.3 Å². The van der Waals surface area contributed by atoms with Gasteiger partial charge in [0, 0.05) is 23.6 Å². The molecule has 0 aliphatic carbocycles. The number of carbonyl (C=O) groups is 2. The molecule has 0 unspecified atom stereocenters. The van der Waals surface area contributed by atoms with Gasteiger partial charge >= 0.3 is 0 Å². The van der Waals surface area contributed by atoms with Crippen molar-refractivity contribution in [2.24, 2.45) is 17.3 Å². The molecule has 2 fully saturated rings. The van der Waals surface area contributed by atoms with Crippen LogP contribution in [0, 0.1) is 17.3 Å². The van der Waals surface area contributed by atoms with E-state index in [2.05, 4.69) is 17.2 Å². The average molecular weight is 535 g/mol. The van der Waals surface area contributed by atoms with Gasteiger partial charge in [-0.3, -0.25) is 14.6 Å². The molecule has 2 aliphatic rings. The number of Topliss-reactive ketones (excluding diaryl/α,β-unsaturated/α-hetero) is 1. The normalized spacial score (nSPS) is 35.9. The number of carbonyl (C=O) groups excluding carboxylic acids is 2. The molecular formula is C29H43ClN2O5. The van der Waals surface area contributed by atoms with Crippen molar-refractivity contribution in [3.63, 3.8) is 0 Å². The Bertz CT molecular complexity index is 968. The Morgan fingerprint density at radius 2 is 2.00 bits per heavy atom. The Labute approximate surface area is 226 Å². The van der Waals surface area contributed by atoms with E-state index in [-0.39, 0.29) is 29.8 Å². The first-order valence-electron chi connectivity index (χ1n) is 13.5. The molecule has 206 valence electrons. The highest BCUT2D eigenvalue weighted by Gasteiger charge is 2.52. The SMILES string of the molecule is CCC[C@H]1C(=O)C(C)(C)[C@@H](O)CC(=O)N[C@H](/C(Cl)=C/c2ccccn2)C[C@@H]2O[C@]2(C)CCC[C@H](C)[C@@H]1O. The minimum Gasteiger partial charge on any atom is -0.392 e. The highest BCUT2D eigenvalue weighted by atomic mass is 35.5. The molecule has 0 aromatic carbocycles. The Morgan fingerprint density at radius 1 is 1.27 bits per heavy atom. The summed E-state index contributed by atoms with van der Waals surface area (Å²) in [5.41, 5.74) is -0.849. The fraction of sp³-hybridized carbons (Fsp3) is 0.690. The third-order valence-corrected chi connectivity index (χ3v) is 8.61. The van der Waals surface area contributed by atoms with Crippen LogP contribution in [-0.2, 0) is 14.3 Å². The number of rotatable bonds is 4. The lowest BCUT2D eigenvalue weighted by molar-refractivity contribution is -0.144. The second-order valence-corrected chi connectivity index (χ2v) is 12.1. The van der Waals surface area contributed by atoms with Gasteiger partial charge in [-0.25, -0.2) is 0 Å². The van der Waals surface area contributed by atoms with Crippen LogP contribution in [-0.4, -0.2) is 56.8 Å². The summed E-state index contributed by atoms with van der Waals surface area (Å²) in [6.07, 6.45) is 5.25. The lowest BCUT2D eigenvalue weighted by Crippen LogP contribution is -2.48. The van der Waals surface area contributed by atoms with Crippen molar-refractivity contribution < 1.29 is 24.5 Å². The minimum atomic E-state index is -1.21. The first-order valence-corrected chi connectivity index (χ1v) is 13.9. The number of aliphatic hydroxyl groups is 2. The third kappa shape index (κ3) is 7.41. The van der Waals surface area contributed by atoms with Gasteiger partial charge in [0.05, 0.1) is 47.5 Å². The number of ketones is 1. The van der Waals surface area contributed by atoms with E-state index in [4.69, 9.17) is 16.3 Å². The van der Waals surface area contributed by atoms with E-state index in [1.54, 1.807) is 26.1 Å². The summed E-state index contributed by atoms with van der Waals surface area (Å²) < 4.78 is 6.07. The molecule has 2 saturated heterocycles. The molecular weight excluding hydrogens is 492 g/mol. The molecule has 1 amide bonds. The summed E-state index contributed by atoms with van der Waals surface area (Å²) in [5, 5.41) is 25.6. The van der Waals surface area contributed by atoms with Crippen LogP contribution in [0.2, 0.25) is 0 Å². The number of ether oxygens (including phenoxy) is 1. The van der Waals surface area contributed by atoms with Crippen LogP contribution in [0.25, 0.3) is 6.08 Å². The number of hydrogen-bond acceptors (Lipinski definition) is 6. The number of nitrogens with zero attached hydrogens (tertiary/aromatic N) is 1. The van der Waals surface area contributed by atoms with Crippen LogP contribution in [0.4, 0.5) is 0 Å². The van der Waals surface area contributed by atoms with Gasteiger partial charge in [0.2, 0.25) is 5.91 Å². The van der Waals surface area contributed by atoms with Gasteiger partial charge < -0.3 is 20.3 Å². The van der Waals surface area contributed by atoms with Crippen LogP contribution in [0.5, 0.6) is 0 Å². The number of hydrogen-bond donors (Lipinski definition) is 3. The second-order valence-electron chi connectivity index (χ2n) is 11.6. The van der Waals surface area contributed by atoms with Gasteiger partial charge in [-0.05, 0) is 50.3 Å². The predicted octanol–water partition coefficient (Wildman–Crippen LogP) is 4.64. The molecule has 8 heteroatoms. The number of nitrogens with one attached hydrogen (secondary N) is 1. The largest absolute Gasteiger partial charge is 0.392 e. The van der Waals surface area contributed by atoms with Crippen molar-refractivity contribution in [2.75, 3.05) is 0 Å². The highest BCUT2D eigenvalue weighted by Crippen LogP contribution is 2.45. The Hall–Kier alpha value is -1.80. The molecule has 1 aromatic heterocycles. The number of aliphatic hydroxyl groups excluding tert-OH is 2. The molecule has 0 radical (unpaired) electrons. The van der Waals surface area contributed by atoms with Crippen LogP contribution in [0.3, 0.4) is 0 Å². The zero-order valence-electron chi connectivity index (χ0n) is 22.7. The number of fused-ring (bicyclic) bond motifs is 1. The minimum absolute atomic E-state index is 0.0751. The van der Waals surface area contributed by atoms with E-state index in [1.807, 2.05) is 32.0 Å². The quantitative estimate of drug-likeness (QED) is 0.485. The van der Waals surface area contributed by atoms with Crippen molar-refractivity contribution in [2.45, 2.75) is 110 Å². The second kappa shape index (κ2) is 12.4. The van der Waals surface area contributed by atoms with Crippen molar-refractivity contribution >= 4 is 29.4 Å². The molecule has 37 heavy (non-hydrogen) atoms. The van der Waals surface area contributed by atoms with E-state index in [0.29, 0.717) is 23.6 Å². The first-order chi connectivity index (χ1) is 17.4. The van der Waals surface area contributed by atoms with Crippen LogP contribution < -0.4 is 5.32 Å². The number of amides is 1. The van der Waals surface area contributed by atoms with E-state index in [1.165, 1.54) is 0 Å². The predicted molar refractivity (Wildman–Crippen MR) is 145 cm³/mol. The van der Waals surface area contributed by atoms with Crippen molar-refractivity contribution in [1.29, 1.82) is 0 Å². The van der Waals surface area contributed by atoms with Crippen LogP contribution >= 0.6 is 11.6 Å². The van der Waals surface area contributed by atoms with Crippen molar-refractivity contribution in [1.82, 2.24) is 10.3 Å². The zero-order valence-corrected chi connectivity index (χ0v) is 23.5. The highest BCUT2D eigenvalue weighted by molar-refractivity contribution is 6.32. The molecule has 1 aromatic rings. The molecule has 0 spiro atoms. The zero-order chi connectivity index (χ0) is 27.4. The van der Waals surface area contributed by atoms with Gasteiger partial charge in [-0.1, -0.05) is 58.2 Å². The maximum absolute atomic E-state index is 13.6. The standard InChI is InChI=1S/C29H43ClN2O5/c1-6-10-20-26(35)18(2)11-9-13-29(5)24(37-29)16-22(21(30)15-19-12-7-8-14-31-19)32-25(34)17-23(33)28(3,4)27(20)36/h7-8,12,14-15,18,20,22-24,26,33,35H,6,9-11,13,16-17H2,1-5H3,(H,32,34)/b21-15-/t18-,20+,22-,23-,24-,26-,29+/m0/s1.